The molecular formula is C12H14F2N2O3. The maximum Gasteiger partial charge on any atom is 0.301 e. The maximum absolute atomic E-state index is 13.7. The standard InChI is InChI=1S/C12H14F2N2O3/c1-6(2)4-8-9(13)5-10(14)11(15-7(3)17)12(8)16(18)19/h5-6H,4H2,1-3H3,(H,15,17). The van der Waals surface area contributed by atoms with Crippen LogP contribution in [0.2, 0.25) is 0 Å². The molecule has 0 bridgehead atoms. The Bertz CT molecular complexity index is 530. The normalized spacial score (nSPS) is 10.6. The van der Waals surface area contributed by atoms with Crippen LogP contribution in [0.1, 0.15) is 26.3 Å². The van der Waals surface area contributed by atoms with Gasteiger partial charge in [-0.3, -0.25) is 14.9 Å². The van der Waals surface area contributed by atoms with Crippen molar-refractivity contribution in [1.29, 1.82) is 0 Å². The largest absolute Gasteiger partial charge is 0.318 e. The summed E-state index contributed by atoms with van der Waals surface area (Å²) in [6.07, 6.45) is 0.0784. The van der Waals surface area contributed by atoms with Crippen molar-refractivity contribution in [2.45, 2.75) is 27.2 Å². The summed E-state index contributed by atoms with van der Waals surface area (Å²) >= 11 is 0. The van der Waals surface area contributed by atoms with Gasteiger partial charge in [-0.1, -0.05) is 13.8 Å². The van der Waals surface area contributed by atoms with Crippen molar-refractivity contribution in [3.8, 4) is 0 Å². The third kappa shape index (κ3) is 3.46. The summed E-state index contributed by atoms with van der Waals surface area (Å²) in [7, 11) is 0. The molecule has 1 rings (SSSR count). The molecular weight excluding hydrogens is 258 g/mol. The minimum atomic E-state index is -1.16. The summed E-state index contributed by atoms with van der Waals surface area (Å²) in [5.74, 6) is -2.85. The minimum absolute atomic E-state index is 0.0520. The third-order valence-electron chi connectivity index (χ3n) is 2.40. The number of rotatable bonds is 4. The van der Waals surface area contributed by atoms with Gasteiger partial charge in [-0.25, -0.2) is 8.78 Å². The van der Waals surface area contributed by atoms with Gasteiger partial charge in [0.1, 0.15) is 5.82 Å². The van der Waals surface area contributed by atoms with Crippen LogP contribution in [0.3, 0.4) is 0 Å². The van der Waals surface area contributed by atoms with E-state index in [4.69, 9.17) is 0 Å². The van der Waals surface area contributed by atoms with Gasteiger partial charge in [0.15, 0.2) is 11.5 Å². The number of carbonyl (C=O) groups is 1. The quantitative estimate of drug-likeness (QED) is 0.676. The van der Waals surface area contributed by atoms with E-state index >= 15 is 0 Å². The van der Waals surface area contributed by atoms with Gasteiger partial charge in [-0.05, 0) is 12.3 Å². The van der Waals surface area contributed by atoms with Gasteiger partial charge in [0.25, 0.3) is 0 Å². The average molecular weight is 272 g/mol. The molecule has 0 radical (unpaired) electrons. The molecule has 0 saturated heterocycles. The number of nitrogens with one attached hydrogen (secondary N) is 1. The van der Waals surface area contributed by atoms with Crippen LogP contribution in [0.25, 0.3) is 0 Å². The molecule has 0 fully saturated rings. The van der Waals surface area contributed by atoms with Crippen LogP contribution in [0.15, 0.2) is 6.07 Å². The Morgan fingerprint density at radius 2 is 2.00 bits per heavy atom. The monoisotopic (exact) mass is 272 g/mol. The first kappa shape index (κ1) is 15.0. The lowest BCUT2D eigenvalue weighted by Gasteiger charge is -2.12. The van der Waals surface area contributed by atoms with Crippen molar-refractivity contribution >= 4 is 17.3 Å². The molecule has 5 nitrogen and oxygen atoms in total. The number of nitro benzene ring substituents is 1. The first-order valence-corrected chi connectivity index (χ1v) is 5.66. The first-order chi connectivity index (χ1) is 8.73. The van der Waals surface area contributed by atoms with Crippen molar-refractivity contribution in [3.63, 3.8) is 0 Å². The van der Waals surface area contributed by atoms with Gasteiger partial charge in [0, 0.05) is 13.0 Å². The molecule has 1 aromatic rings. The Labute approximate surface area is 108 Å². The van der Waals surface area contributed by atoms with Gasteiger partial charge < -0.3 is 5.32 Å². The lowest BCUT2D eigenvalue weighted by Crippen LogP contribution is -2.13. The average Bonchev–Trinajstić information content (AvgIpc) is 2.23. The number of amides is 1. The molecule has 1 aromatic carbocycles. The Kier molecular flexibility index (Phi) is 4.52. The summed E-state index contributed by atoms with van der Waals surface area (Å²) in [5, 5.41) is 13.1. The SMILES string of the molecule is CC(=O)Nc1c(F)cc(F)c(CC(C)C)c1[N+](=O)[O-]. The van der Waals surface area contributed by atoms with E-state index in [0.29, 0.717) is 6.07 Å². The highest BCUT2D eigenvalue weighted by Gasteiger charge is 2.28. The molecule has 7 heteroatoms. The summed E-state index contributed by atoms with van der Waals surface area (Å²) in [6, 6.07) is 0.552. The summed E-state index contributed by atoms with van der Waals surface area (Å²) in [4.78, 5) is 21.1. The second-order valence-electron chi connectivity index (χ2n) is 4.58. The van der Waals surface area contributed by atoms with E-state index in [-0.39, 0.29) is 17.9 Å². The van der Waals surface area contributed by atoms with E-state index in [9.17, 15) is 23.7 Å². The first-order valence-electron chi connectivity index (χ1n) is 5.66. The lowest BCUT2D eigenvalue weighted by molar-refractivity contribution is -0.385. The van der Waals surface area contributed by atoms with Gasteiger partial charge in [-0.2, -0.15) is 0 Å². The number of benzene rings is 1. The van der Waals surface area contributed by atoms with E-state index in [1.165, 1.54) is 0 Å². The van der Waals surface area contributed by atoms with Gasteiger partial charge >= 0.3 is 5.69 Å². The fourth-order valence-corrected chi connectivity index (χ4v) is 1.75. The number of nitro groups is 1. The molecule has 1 amide bonds. The molecule has 0 aliphatic heterocycles. The predicted octanol–water partition coefficient (Wildman–Crippen LogP) is 3.03. The van der Waals surface area contributed by atoms with E-state index in [1.54, 1.807) is 13.8 Å². The molecule has 0 unspecified atom stereocenters. The zero-order valence-corrected chi connectivity index (χ0v) is 10.8. The van der Waals surface area contributed by atoms with Gasteiger partial charge in [-0.15, -0.1) is 0 Å². The fraction of sp³-hybridized carbons (Fsp3) is 0.417. The van der Waals surface area contributed by atoms with Gasteiger partial charge in [0.2, 0.25) is 5.91 Å². The molecule has 0 aliphatic carbocycles. The Hall–Kier alpha value is -2.05. The molecule has 19 heavy (non-hydrogen) atoms. The highest BCUT2D eigenvalue weighted by Crippen LogP contribution is 2.35. The number of hydrogen-bond acceptors (Lipinski definition) is 3. The van der Waals surface area contributed by atoms with Crippen molar-refractivity contribution in [2.75, 3.05) is 5.32 Å². The Morgan fingerprint density at radius 1 is 1.42 bits per heavy atom. The summed E-state index contributed by atoms with van der Waals surface area (Å²) in [6.45, 7) is 4.60. The van der Waals surface area contributed by atoms with Crippen molar-refractivity contribution in [3.05, 3.63) is 33.4 Å². The number of carbonyl (C=O) groups excluding carboxylic acids is 1. The Morgan fingerprint density at radius 3 is 2.42 bits per heavy atom. The van der Waals surface area contributed by atoms with E-state index in [0.717, 1.165) is 6.92 Å². The van der Waals surface area contributed by atoms with Crippen LogP contribution in [-0.4, -0.2) is 10.8 Å². The highest BCUT2D eigenvalue weighted by molar-refractivity contribution is 5.92. The fourth-order valence-electron chi connectivity index (χ4n) is 1.75. The summed E-state index contributed by atoms with van der Waals surface area (Å²) < 4.78 is 27.3. The van der Waals surface area contributed by atoms with E-state index in [2.05, 4.69) is 0 Å². The Balaban J connectivity index is 3.53. The maximum atomic E-state index is 13.7. The second-order valence-corrected chi connectivity index (χ2v) is 4.58. The topological polar surface area (TPSA) is 72.2 Å². The zero-order valence-electron chi connectivity index (χ0n) is 10.8. The number of nitrogens with zero attached hydrogens (tertiary/aromatic N) is 1. The van der Waals surface area contributed by atoms with Crippen LogP contribution in [-0.2, 0) is 11.2 Å². The van der Waals surface area contributed by atoms with Crippen LogP contribution >= 0.6 is 0 Å². The van der Waals surface area contributed by atoms with Gasteiger partial charge in [0.05, 0.1) is 10.5 Å². The highest BCUT2D eigenvalue weighted by atomic mass is 19.1. The van der Waals surface area contributed by atoms with Crippen LogP contribution in [0.5, 0.6) is 0 Å². The molecule has 0 aromatic heterocycles. The number of anilines is 1. The second kappa shape index (κ2) is 5.73. The molecule has 0 aliphatic rings. The van der Waals surface area contributed by atoms with E-state index in [1.807, 2.05) is 5.32 Å². The van der Waals surface area contributed by atoms with Crippen molar-refractivity contribution < 1.29 is 18.5 Å². The van der Waals surface area contributed by atoms with E-state index < -0.39 is 33.8 Å². The molecule has 0 saturated carbocycles. The van der Waals surface area contributed by atoms with Crippen LogP contribution < -0.4 is 5.32 Å². The lowest BCUT2D eigenvalue weighted by atomic mass is 9.99. The predicted molar refractivity (Wildman–Crippen MR) is 65.9 cm³/mol. The van der Waals surface area contributed by atoms with Crippen LogP contribution in [0.4, 0.5) is 20.2 Å². The third-order valence-corrected chi connectivity index (χ3v) is 2.40. The molecule has 0 atom stereocenters. The molecule has 104 valence electrons. The van der Waals surface area contributed by atoms with Crippen molar-refractivity contribution in [2.24, 2.45) is 5.92 Å². The molecule has 1 N–H and O–H groups in total. The minimum Gasteiger partial charge on any atom is -0.318 e. The molecule has 0 spiro atoms. The smallest absolute Gasteiger partial charge is 0.301 e. The summed E-state index contributed by atoms with van der Waals surface area (Å²) in [5.41, 5.74) is -1.51. The number of hydrogen-bond donors (Lipinski definition) is 1. The number of halogens is 2. The van der Waals surface area contributed by atoms with Crippen LogP contribution in [0, 0.1) is 27.7 Å². The zero-order chi connectivity index (χ0) is 14.7. The van der Waals surface area contributed by atoms with Crippen molar-refractivity contribution in [1.82, 2.24) is 0 Å². The molecule has 0 heterocycles.